The van der Waals surface area contributed by atoms with E-state index in [2.05, 4.69) is 108 Å². The summed E-state index contributed by atoms with van der Waals surface area (Å²) >= 11 is 6.04. The van der Waals surface area contributed by atoms with Crippen LogP contribution in [0.1, 0.15) is 51.7 Å². The molecule has 5 fully saturated rings. The summed E-state index contributed by atoms with van der Waals surface area (Å²) in [6.45, 7) is 29.2. The molecule has 0 bridgehead atoms. The van der Waals surface area contributed by atoms with E-state index in [1.54, 1.807) is 136 Å². The smallest absolute Gasteiger partial charge is 0.301 e. The van der Waals surface area contributed by atoms with E-state index in [1.807, 2.05) is 90.7 Å². The first-order valence-electron chi connectivity index (χ1n) is 45.2. The van der Waals surface area contributed by atoms with Crippen molar-refractivity contribution in [1.29, 1.82) is 0 Å². The number of aromatic hydroxyl groups is 4. The number of hydrogen-bond acceptors (Lipinski definition) is 19. The van der Waals surface area contributed by atoms with E-state index in [9.17, 15) is 57.6 Å². The number of aromatic nitrogens is 10. The maximum absolute atomic E-state index is 14.7. The Morgan fingerprint density at radius 2 is 0.807 bits per heavy atom. The Morgan fingerprint density at radius 1 is 0.443 bits per heavy atom. The van der Waals surface area contributed by atoms with Crippen LogP contribution in [0, 0.1) is 30.5 Å². The number of benzene rings is 5. The zero-order valence-corrected chi connectivity index (χ0v) is 77.4. The van der Waals surface area contributed by atoms with Crippen molar-refractivity contribution in [3.05, 3.63) is 312 Å². The molecule has 10 aromatic heterocycles. The van der Waals surface area contributed by atoms with E-state index in [0.29, 0.717) is 111 Å². The molecular weight excluding hydrogens is 1810 g/mol. The van der Waals surface area contributed by atoms with Gasteiger partial charge in [0.05, 0.1) is 94.0 Å². The number of carbonyl (C=O) groups is 5. The lowest BCUT2D eigenvalue weighted by atomic mass is 9.98. The highest BCUT2D eigenvalue weighted by Gasteiger charge is 2.48. The fraction of sp³-hybridized carbons (Fsp3) is 0.252. The highest BCUT2D eigenvalue weighted by atomic mass is 35.5. The number of hydrogen-bond donors (Lipinski definition) is 4. The third-order valence-corrected chi connectivity index (χ3v) is 25.3. The summed E-state index contributed by atoms with van der Waals surface area (Å²) in [7, 11) is 0. The van der Waals surface area contributed by atoms with Gasteiger partial charge in [0.25, 0.3) is 0 Å². The van der Waals surface area contributed by atoms with Gasteiger partial charge in [-0.05, 0) is 163 Å². The molecule has 140 heavy (non-hydrogen) atoms. The second-order valence-electron chi connectivity index (χ2n) is 34.7. The number of halogens is 4. The lowest BCUT2D eigenvalue weighted by Gasteiger charge is -2.38. The molecule has 0 saturated carbocycles. The average Bonchev–Trinajstić information content (AvgIpc) is 1.20. The second-order valence-corrected chi connectivity index (χ2v) is 35.1. The first-order valence-corrected chi connectivity index (χ1v) is 45.6. The predicted molar refractivity (Wildman–Crippen MR) is 529 cm³/mol. The number of likely N-dealkylation sites (tertiary alicyclic amines) is 5. The number of fused-ring (bicyclic) bond motifs is 5. The second kappa shape index (κ2) is 43.5. The number of rotatable bonds is 24. The molecule has 1 unspecified atom stereocenters. The highest BCUT2D eigenvalue weighted by molar-refractivity contribution is 6.32. The van der Waals surface area contributed by atoms with Crippen molar-refractivity contribution in [1.82, 2.24) is 71.4 Å². The quantitative estimate of drug-likeness (QED) is 0.0408. The van der Waals surface area contributed by atoms with Crippen LogP contribution in [0.2, 0.25) is 5.02 Å². The van der Waals surface area contributed by atoms with Gasteiger partial charge < -0.3 is 90.6 Å². The molecule has 722 valence electrons. The SMILES string of the molecule is C.C=CC(=O)N1CC(COc2cc(-c3cc(F)c(O)cc3CC)cn3cncc23)C1.C=CC(=O)N1CC(COc2cc(-c3ccc(O)c(Cl)c3)cn3cncc23)C1.C=CC(=O)N1CC(COc2cc(-c3ccc(O)cc3)cn3cncc23)C1.C=CC(=O)N1CCC(Oc2cc(-c3ccc(O)cc3)cn3cncc23)C(F)(F)C1.C=CC(=O)N1CC[C@@H](Oc2cc(-c3ccc(C)cc3)cn3cncc23)C[C@H]1C. The summed E-state index contributed by atoms with van der Waals surface area (Å²) in [5, 5.41) is 38.6. The van der Waals surface area contributed by atoms with Crippen LogP contribution in [0.5, 0.6) is 51.7 Å². The molecule has 15 aromatic rings. The minimum Gasteiger partial charge on any atom is -0.508 e. The normalized spacial score (nSPS) is 16.1. The lowest BCUT2D eigenvalue weighted by molar-refractivity contribution is -0.156. The first-order chi connectivity index (χ1) is 67.1. The Balaban J connectivity index is 0.000000132. The van der Waals surface area contributed by atoms with E-state index >= 15 is 0 Å². The first kappa shape index (κ1) is 98.4. The highest BCUT2D eigenvalue weighted by Crippen LogP contribution is 2.41. The maximum atomic E-state index is 14.7. The van der Waals surface area contributed by atoms with Crippen molar-refractivity contribution in [2.24, 2.45) is 17.8 Å². The van der Waals surface area contributed by atoms with Crippen molar-refractivity contribution in [3.63, 3.8) is 0 Å². The summed E-state index contributed by atoms with van der Waals surface area (Å²) in [5.74, 6) is -0.398. The molecule has 29 nitrogen and oxygen atoms in total. The molecule has 0 aliphatic carbocycles. The number of imidazole rings is 5. The topological polar surface area (TPSA) is 315 Å². The number of alkyl halides is 2. The van der Waals surface area contributed by atoms with Gasteiger partial charge >= 0.3 is 5.92 Å². The van der Waals surface area contributed by atoms with Gasteiger partial charge in [0.1, 0.15) is 79.7 Å². The van der Waals surface area contributed by atoms with Crippen LogP contribution in [-0.4, -0.2) is 224 Å². The van der Waals surface area contributed by atoms with Crippen LogP contribution in [0.25, 0.3) is 83.2 Å². The third-order valence-electron chi connectivity index (χ3n) is 25.0. The monoisotopic (exact) mass is 1920 g/mol. The zero-order valence-electron chi connectivity index (χ0n) is 76.7. The summed E-state index contributed by atoms with van der Waals surface area (Å²) in [5.41, 5.74) is 15.1. The van der Waals surface area contributed by atoms with Gasteiger partial charge in [-0.15, -0.1) is 0 Å². The average molecular weight is 1920 g/mol. The number of amides is 5. The van der Waals surface area contributed by atoms with Crippen molar-refractivity contribution < 1.29 is 81.3 Å². The largest absolute Gasteiger partial charge is 0.508 e. The minimum atomic E-state index is -3.21. The Kier molecular flexibility index (Phi) is 30.6. The van der Waals surface area contributed by atoms with Gasteiger partial charge in [0.15, 0.2) is 17.7 Å². The van der Waals surface area contributed by atoms with E-state index < -0.39 is 30.3 Å². The van der Waals surface area contributed by atoms with Crippen molar-refractivity contribution in [3.8, 4) is 107 Å². The van der Waals surface area contributed by atoms with Gasteiger partial charge in [-0.3, -0.25) is 24.0 Å². The molecule has 5 aliphatic rings. The summed E-state index contributed by atoms with van der Waals surface area (Å²) in [4.78, 5) is 87.4. The van der Waals surface area contributed by atoms with Crippen LogP contribution in [0.4, 0.5) is 13.2 Å². The molecule has 5 amide bonds. The Hall–Kier alpha value is -16.1. The Morgan fingerprint density at radius 3 is 1.20 bits per heavy atom. The van der Waals surface area contributed by atoms with Crippen molar-refractivity contribution >= 4 is 68.7 Å². The third kappa shape index (κ3) is 22.6. The van der Waals surface area contributed by atoms with Crippen molar-refractivity contribution in [2.75, 3.05) is 78.7 Å². The van der Waals surface area contributed by atoms with Crippen LogP contribution in [0.3, 0.4) is 0 Å². The van der Waals surface area contributed by atoms with E-state index in [1.165, 1.54) is 42.0 Å². The number of ether oxygens (including phenoxy) is 5. The number of pyridine rings is 5. The Labute approximate surface area is 811 Å². The zero-order chi connectivity index (χ0) is 97.9. The van der Waals surface area contributed by atoms with Gasteiger partial charge in [-0.1, -0.05) is 119 Å². The van der Waals surface area contributed by atoms with Gasteiger partial charge in [0, 0.05) is 154 Å². The molecule has 15 heterocycles. The number of nitrogens with zero attached hydrogens (tertiary/aromatic N) is 15. The van der Waals surface area contributed by atoms with Crippen LogP contribution in [-0.2, 0) is 30.4 Å². The summed E-state index contributed by atoms with van der Waals surface area (Å²) in [6.07, 6.45) is 34.1. The minimum absolute atomic E-state index is 0. The van der Waals surface area contributed by atoms with E-state index in [-0.39, 0.29) is 90.8 Å². The van der Waals surface area contributed by atoms with Gasteiger partial charge in [0.2, 0.25) is 29.5 Å². The summed E-state index contributed by atoms with van der Waals surface area (Å²) < 4.78 is 83.1. The fourth-order valence-electron chi connectivity index (χ4n) is 17.2. The molecular formula is C107H107ClF3N15O14. The number of phenolic OH excluding ortho intramolecular Hbond substituents is 4. The molecule has 33 heteroatoms. The van der Waals surface area contributed by atoms with E-state index in [0.717, 1.165) is 113 Å². The Bertz CT molecular complexity index is 7080. The molecule has 4 N–H and O–H groups in total. The molecule has 20 rings (SSSR count). The van der Waals surface area contributed by atoms with Gasteiger partial charge in [-0.25, -0.2) is 38.1 Å². The standard InChI is InChI=1S/C23H25N3O2.C22H22FN3O3.C21H19F2N3O3.C20H18ClN3O3.C20H19N3O3.CH4/c1-4-23(27)26-10-9-20(11-17(26)3)28-22-12-19(14-25-15-24-13-21(22)25)18-7-5-16(2)6-8-18;1-3-15-5-20(27)18(23)7-17(15)16-6-21(19-8-24-13-26(19)11-16)29-12-14-9-25(10-14)22(28)4-2;1-2-20(28)25-8-7-19(21(22,23)12-25)29-18-9-15(11-26-13-24-10-17(18)26)14-3-5-16(27)6-4-14;1-2-20(26)23-8-13(9-23)11-27-19-6-15(10-24-12-22-7-17(19)24)14-3-4-18(25)16(21)5-14;1-2-20(25)22-9-14(10-22)12-26-19-7-16(11-23-13-21-8-18(19)23)15-3-5-17(24)6-4-15;/h4-8,12-15,17,20H,1,9-11H2,2-3H3;4-8,11,13-14,27H,2-3,9-10,12H2,1H3;2-6,9-11,13,19,27H,1,7-8,12H2;2-7,10,12-13,25H,1,8-9,11H2;2-8,11,13-14,24H,1,9-10,12H2;1H4/t17-,20-;;;;;/m1...../s1. The molecule has 0 radical (unpaired) electrons. The number of piperidine rings is 2. The molecule has 3 atom stereocenters. The predicted octanol–water partition coefficient (Wildman–Crippen LogP) is 17.9. The van der Waals surface area contributed by atoms with Gasteiger partial charge in [-0.2, -0.15) is 0 Å². The number of aryl methyl sites for hydroxylation is 2. The fourth-order valence-corrected chi connectivity index (χ4v) is 17.4. The van der Waals surface area contributed by atoms with Crippen molar-refractivity contribution in [2.45, 2.75) is 78.1 Å². The van der Waals surface area contributed by atoms with Crippen LogP contribution in [0.15, 0.2) is 290 Å². The molecule has 5 aromatic carbocycles. The maximum Gasteiger partial charge on any atom is 0.301 e. The van der Waals surface area contributed by atoms with E-state index in [4.69, 9.17) is 35.3 Å². The lowest BCUT2D eigenvalue weighted by Crippen LogP contribution is -2.55. The molecule has 5 saturated heterocycles. The number of carbonyl (C=O) groups excluding carboxylic acids is 5. The van der Waals surface area contributed by atoms with Crippen LogP contribution >= 0.6 is 11.6 Å². The molecule has 0 spiro atoms. The summed E-state index contributed by atoms with van der Waals surface area (Å²) in [6, 6.07) is 39.6. The molecule has 5 aliphatic heterocycles. The van der Waals surface area contributed by atoms with Crippen LogP contribution < -0.4 is 23.7 Å². The number of phenols is 4.